The van der Waals surface area contributed by atoms with Crippen molar-refractivity contribution < 1.29 is 14.6 Å². The topological polar surface area (TPSA) is 84.3 Å². The van der Waals surface area contributed by atoms with E-state index in [0.29, 0.717) is 30.1 Å². The molecule has 0 saturated heterocycles. The molecule has 0 bridgehead atoms. The number of hydrogen-bond donors (Lipinski definition) is 2. The summed E-state index contributed by atoms with van der Waals surface area (Å²) in [7, 11) is 0. The molecular weight excluding hydrogens is 386 g/mol. The average Bonchev–Trinajstić information content (AvgIpc) is 3.45. The maximum absolute atomic E-state index is 11.2. The monoisotopic (exact) mass is 407 g/mol. The van der Waals surface area contributed by atoms with Crippen molar-refractivity contribution in [1.82, 2.24) is 9.97 Å². The molecule has 1 aromatic heterocycles. The third kappa shape index (κ3) is 3.56. The Morgan fingerprint density at radius 2 is 1.97 bits per heavy atom. The van der Waals surface area contributed by atoms with Gasteiger partial charge in [0.2, 0.25) is 0 Å². The molecule has 1 unspecified atom stereocenters. The zero-order valence-corrected chi connectivity index (χ0v) is 16.8. The Balaban J connectivity index is 1.54. The first-order valence-electron chi connectivity index (χ1n) is 9.76. The smallest absolute Gasteiger partial charge is 0.316 e. The highest BCUT2D eigenvalue weighted by atomic mass is 32.2. The molecule has 1 aliphatic heterocycles. The summed E-state index contributed by atoms with van der Waals surface area (Å²) in [6.07, 6.45) is 2.52. The second-order valence-corrected chi connectivity index (χ2v) is 8.83. The molecule has 3 aromatic rings. The first-order valence-corrected chi connectivity index (χ1v) is 10.6. The van der Waals surface area contributed by atoms with Crippen LogP contribution in [0.3, 0.4) is 0 Å². The van der Waals surface area contributed by atoms with E-state index in [1.165, 1.54) is 23.8 Å². The SMILES string of the molecule is CC(Sc1nc2c(c(Nc3ccc(C4CC4)c4ccccc34)n1)COC2)C(=O)O. The van der Waals surface area contributed by atoms with Gasteiger partial charge in [0.05, 0.1) is 18.9 Å². The van der Waals surface area contributed by atoms with E-state index in [4.69, 9.17) is 4.74 Å². The molecule has 5 rings (SSSR count). The van der Waals surface area contributed by atoms with Crippen molar-refractivity contribution in [3.63, 3.8) is 0 Å². The number of thioether (sulfide) groups is 1. The molecule has 1 atom stereocenters. The second kappa shape index (κ2) is 7.31. The molecule has 1 saturated carbocycles. The Labute approximate surface area is 172 Å². The minimum Gasteiger partial charge on any atom is -0.480 e. The molecule has 7 heteroatoms. The van der Waals surface area contributed by atoms with E-state index < -0.39 is 11.2 Å². The number of rotatable bonds is 6. The number of carbonyl (C=O) groups is 1. The molecule has 2 aromatic carbocycles. The van der Waals surface area contributed by atoms with Gasteiger partial charge in [-0.05, 0) is 42.7 Å². The molecule has 1 fully saturated rings. The number of anilines is 2. The highest BCUT2D eigenvalue weighted by Gasteiger charge is 2.26. The predicted octanol–water partition coefficient (Wildman–Crippen LogP) is 4.85. The molecule has 0 spiro atoms. The fraction of sp³-hybridized carbons (Fsp3) is 0.318. The third-order valence-corrected chi connectivity index (χ3v) is 6.36. The van der Waals surface area contributed by atoms with Crippen LogP contribution >= 0.6 is 11.8 Å². The highest BCUT2D eigenvalue weighted by Crippen LogP contribution is 2.44. The molecule has 2 N–H and O–H groups in total. The van der Waals surface area contributed by atoms with Crippen LogP contribution < -0.4 is 5.32 Å². The van der Waals surface area contributed by atoms with Crippen molar-refractivity contribution >= 4 is 40.0 Å². The lowest BCUT2D eigenvalue weighted by Gasteiger charge is -2.15. The maximum Gasteiger partial charge on any atom is 0.316 e. The van der Waals surface area contributed by atoms with Crippen molar-refractivity contribution in [2.75, 3.05) is 5.32 Å². The summed E-state index contributed by atoms with van der Waals surface area (Å²) in [6, 6.07) is 12.8. The van der Waals surface area contributed by atoms with Crippen molar-refractivity contribution in [3.8, 4) is 0 Å². The first kappa shape index (κ1) is 18.4. The van der Waals surface area contributed by atoms with Crippen LogP contribution in [0, 0.1) is 0 Å². The first-order chi connectivity index (χ1) is 14.1. The number of nitrogens with zero attached hydrogens (tertiary/aromatic N) is 2. The summed E-state index contributed by atoms with van der Waals surface area (Å²) in [5.41, 5.74) is 4.16. The van der Waals surface area contributed by atoms with Crippen molar-refractivity contribution in [3.05, 3.63) is 53.2 Å². The Bertz CT molecular complexity index is 1110. The zero-order chi connectivity index (χ0) is 20.0. The van der Waals surface area contributed by atoms with Gasteiger partial charge in [0, 0.05) is 16.6 Å². The standard InChI is InChI=1S/C22H21N3O3S/c1-12(21(26)27)29-22-24-19-11-28-10-17(19)20(25-22)23-18-9-8-14(13-6-7-13)15-4-2-3-5-16(15)18/h2-5,8-9,12-13H,6-7,10-11H2,1H3,(H,26,27)(H,23,24,25). The van der Waals surface area contributed by atoms with E-state index in [1.54, 1.807) is 6.92 Å². The van der Waals surface area contributed by atoms with Gasteiger partial charge in [-0.3, -0.25) is 4.79 Å². The van der Waals surface area contributed by atoms with Crippen molar-refractivity contribution in [2.45, 2.75) is 49.3 Å². The molecular formula is C22H21N3O3S. The highest BCUT2D eigenvalue weighted by molar-refractivity contribution is 8.00. The van der Waals surface area contributed by atoms with Gasteiger partial charge >= 0.3 is 5.97 Å². The summed E-state index contributed by atoms with van der Waals surface area (Å²) in [4.78, 5) is 20.4. The minimum absolute atomic E-state index is 0.420. The van der Waals surface area contributed by atoms with Crippen LogP contribution in [0.1, 0.15) is 42.5 Å². The van der Waals surface area contributed by atoms with Gasteiger partial charge in [0.1, 0.15) is 11.1 Å². The number of carboxylic acids is 1. The van der Waals surface area contributed by atoms with Gasteiger partial charge in [0.25, 0.3) is 0 Å². The van der Waals surface area contributed by atoms with Crippen LogP contribution in [0.5, 0.6) is 0 Å². The summed E-state index contributed by atoms with van der Waals surface area (Å²) in [5.74, 6) is 0.481. The van der Waals surface area contributed by atoms with Crippen LogP contribution in [0.2, 0.25) is 0 Å². The molecule has 148 valence electrons. The number of ether oxygens (including phenoxy) is 1. The van der Waals surface area contributed by atoms with Crippen LogP contribution in [0.25, 0.3) is 10.8 Å². The van der Waals surface area contributed by atoms with Gasteiger partial charge in [-0.25, -0.2) is 9.97 Å². The Hall–Kier alpha value is -2.64. The van der Waals surface area contributed by atoms with Gasteiger partial charge in [-0.2, -0.15) is 0 Å². The molecule has 1 aliphatic carbocycles. The molecule has 29 heavy (non-hydrogen) atoms. The quantitative estimate of drug-likeness (QED) is 0.446. The normalized spacial score (nSPS) is 16.6. The maximum atomic E-state index is 11.2. The van der Waals surface area contributed by atoms with Gasteiger partial charge in [-0.1, -0.05) is 42.1 Å². The number of nitrogens with one attached hydrogen (secondary N) is 1. The van der Waals surface area contributed by atoms with E-state index in [0.717, 1.165) is 34.1 Å². The van der Waals surface area contributed by atoms with Crippen LogP contribution in [-0.2, 0) is 22.7 Å². The molecule has 2 aliphatic rings. The average molecular weight is 407 g/mol. The largest absolute Gasteiger partial charge is 0.480 e. The minimum atomic E-state index is -0.883. The number of aliphatic carboxylic acids is 1. The molecule has 2 heterocycles. The van der Waals surface area contributed by atoms with E-state index >= 15 is 0 Å². The Morgan fingerprint density at radius 3 is 2.72 bits per heavy atom. The summed E-state index contributed by atoms with van der Waals surface area (Å²) in [6.45, 7) is 2.51. The number of hydrogen-bond acceptors (Lipinski definition) is 6. The fourth-order valence-electron chi connectivity index (χ4n) is 3.70. The van der Waals surface area contributed by atoms with E-state index in [2.05, 4.69) is 45.6 Å². The summed E-state index contributed by atoms with van der Waals surface area (Å²) >= 11 is 1.14. The zero-order valence-electron chi connectivity index (χ0n) is 16.0. The lowest BCUT2D eigenvalue weighted by atomic mass is 9.99. The predicted molar refractivity (Wildman–Crippen MR) is 113 cm³/mol. The summed E-state index contributed by atoms with van der Waals surface area (Å²) in [5, 5.41) is 15.0. The van der Waals surface area contributed by atoms with Crippen LogP contribution in [0.4, 0.5) is 11.5 Å². The molecule has 0 amide bonds. The summed E-state index contributed by atoms with van der Waals surface area (Å²) < 4.78 is 5.58. The van der Waals surface area contributed by atoms with Gasteiger partial charge in [-0.15, -0.1) is 0 Å². The number of benzene rings is 2. The van der Waals surface area contributed by atoms with E-state index in [-0.39, 0.29) is 0 Å². The van der Waals surface area contributed by atoms with Crippen molar-refractivity contribution in [1.29, 1.82) is 0 Å². The number of fused-ring (bicyclic) bond motifs is 2. The molecule has 0 radical (unpaired) electrons. The van der Waals surface area contributed by atoms with Crippen LogP contribution in [-0.4, -0.2) is 26.3 Å². The van der Waals surface area contributed by atoms with Crippen molar-refractivity contribution in [2.24, 2.45) is 0 Å². The number of aromatic nitrogens is 2. The van der Waals surface area contributed by atoms with E-state index in [9.17, 15) is 9.90 Å². The van der Waals surface area contributed by atoms with Gasteiger partial charge in [0.15, 0.2) is 5.16 Å². The van der Waals surface area contributed by atoms with Gasteiger partial charge < -0.3 is 15.2 Å². The van der Waals surface area contributed by atoms with Crippen LogP contribution in [0.15, 0.2) is 41.6 Å². The third-order valence-electron chi connectivity index (χ3n) is 5.42. The second-order valence-electron chi connectivity index (χ2n) is 7.52. The Morgan fingerprint density at radius 1 is 1.17 bits per heavy atom. The fourth-order valence-corrected chi connectivity index (χ4v) is 4.43. The molecule has 6 nitrogen and oxygen atoms in total. The Kier molecular flexibility index (Phi) is 4.64. The van der Waals surface area contributed by atoms with E-state index in [1.807, 2.05) is 6.07 Å². The lowest BCUT2D eigenvalue weighted by molar-refractivity contribution is -0.136. The number of carboxylic acid groups (broad SMARTS) is 1. The lowest BCUT2D eigenvalue weighted by Crippen LogP contribution is -2.13.